The van der Waals surface area contributed by atoms with Gasteiger partial charge in [0.15, 0.2) is 11.8 Å². The zero-order valence-corrected chi connectivity index (χ0v) is 19.4. The summed E-state index contributed by atoms with van der Waals surface area (Å²) in [6.07, 6.45) is 0.260. The first-order valence-corrected chi connectivity index (χ1v) is 11.1. The first kappa shape index (κ1) is 24.2. The molecule has 1 unspecified atom stereocenters. The topological polar surface area (TPSA) is 93.0 Å². The lowest BCUT2D eigenvalue weighted by atomic mass is 10.0. The van der Waals surface area contributed by atoms with Crippen LogP contribution < -0.4 is 10.1 Å². The van der Waals surface area contributed by atoms with Gasteiger partial charge in [-0.3, -0.25) is 9.36 Å². The van der Waals surface area contributed by atoms with E-state index < -0.39 is 0 Å². The molecule has 7 heteroatoms. The van der Waals surface area contributed by atoms with Crippen molar-refractivity contribution in [1.82, 2.24) is 9.88 Å². The number of aryl methyl sites for hydroxylation is 2. The van der Waals surface area contributed by atoms with Crippen LogP contribution in [0.15, 0.2) is 54.6 Å². The number of nitrogens with one attached hydrogen (secondary N) is 1. The molecule has 0 aliphatic heterocycles. The summed E-state index contributed by atoms with van der Waals surface area (Å²) in [7, 11) is 0. The molecule has 2 aromatic carbocycles. The second kappa shape index (κ2) is 11.4. The highest BCUT2D eigenvalue weighted by Crippen LogP contribution is 2.24. The highest BCUT2D eigenvalue weighted by molar-refractivity contribution is 5.70. The number of hydrogen-bond acceptors (Lipinski definition) is 6. The Balaban J connectivity index is 1.60. The van der Waals surface area contributed by atoms with Gasteiger partial charge >= 0.3 is 5.97 Å². The van der Waals surface area contributed by atoms with Crippen LogP contribution in [0.2, 0.25) is 0 Å². The van der Waals surface area contributed by atoms with E-state index in [1.54, 1.807) is 0 Å². The number of aromatic hydroxyl groups is 2. The van der Waals surface area contributed by atoms with Crippen molar-refractivity contribution >= 4 is 5.97 Å². The van der Waals surface area contributed by atoms with Gasteiger partial charge in [0.2, 0.25) is 0 Å². The maximum atomic E-state index is 12.1. The van der Waals surface area contributed by atoms with Crippen LogP contribution in [0.3, 0.4) is 0 Å². The summed E-state index contributed by atoms with van der Waals surface area (Å²) < 4.78 is 12.4. The van der Waals surface area contributed by atoms with Gasteiger partial charge in [-0.2, -0.15) is 0 Å². The van der Waals surface area contributed by atoms with Gasteiger partial charge in [0.05, 0.1) is 19.6 Å². The highest BCUT2D eigenvalue weighted by Gasteiger charge is 2.17. The molecule has 3 aromatic rings. The average molecular weight is 453 g/mol. The van der Waals surface area contributed by atoms with Crippen LogP contribution in [0.25, 0.3) is 0 Å². The van der Waals surface area contributed by atoms with Gasteiger partial charge in [-0.1, -0.05) is 42.0 Å². The lowest BCUT2D eigenvalue weighted by molar-refractivity contribution is -0.143. The third kappa shape index (κ3) is 6.76. The fourth-order valence-corrected chi connectivity index (χ4v) is 3.64. The third-order valence-corrected chi connectivity index (χ3v) is 5.45. The van der Waals surface area contributed by atoms with E-state index in [4.69, 9.17) is 9.47 Å². The largest absolute Gasteiger partial charge is 0.494 e. The molecule has 3 N–H and O–H groups in total. The van der Waals surface area contributed by atoms with Crippen molar-refractivity contribution in [3.8, 4) is 17.5 Å². The van der Waals surface area contributed by atoms with Gasteiger partial charge in [-0.25, -0.2) is 0 Å². The van der Waals surface area contributed by atoms with E-state index >= 15 is 0 Å². The van der Waals surface area contributed by atoms with E-state index in [1.165, 1.54) is 22.3 Å². The zero-order valence-electron chi connectivity index (χ0n) is 19.4. The van der Waals surface area contributed by atoms with Crippen LogP contribution >= 0.6 is 0 Å². The molecule has 0 aliphatic carbocycles. The SMILES string of the molecule is CCOC(=O)CC(NCc1ccc(OCCn2c(O)ccc2O)c(C)c1)c1ccc(C)cc1. The number of ether oxygens (including phenoxy) is 2. The Morgan fingerprint density at radius 2 is 1.73 bits per heavy atom. The summed E-state index contributed by atoms with van der Waals surface area (Å²) in [6.45, 7) is 7.41. The third-order valence-electron chi connectivity index (χ3n) is 5.45. The maximum Gasteiger partial charge on any atom is 0.307 e. The van der Waals surface area contributed by atoms with Crippen LogP contribution in [-0.2, 0) is 22.6 Å². The van der Waals surface area contributed by atoms with Crippen molar-refractivity contribution in [1.29, 1.82) is 0 Å². The molecule has 3 rings (SSSR count). The Bertz CT molecular complexity index is 1040. The number of carbonyl (C=O) groups is 1. The molecule has 0 fully saturated rings. The van der Waals surface area contributed by atoms with E-state index in [0.717, 1.165) is 22.4 Å². The summed E-state index contributed by atoms with van der Waals surface area (Å²) in [6, 6.07) is 16.8. The molecule has 7 nitrogen and oxygen atoms in total. The molecular formula is C26H32N2O5. The van der Waals surface area contributed by atoms with Crippen LogP contribution in [0.1, 0.15) is 41.6 Å². The molecule has 1 atom stereocenters. The van der Waals surface area contributed by atoms with E-state index in [0.29, 0.717) is 26.3 Å². The lowest BCUT2D eigenvalue weighted by Gasteiger charge is -2.19. The van der Waals surface area contributed by atoms with Crippen LogP contribution in [0, 0.1) is 13.8 Å². The minimum atomic E-state index is -0.227. The number of benzene rings is 2. The van der Waals surface area contributed by atoms with Gasteiger partial charge in [-0.05, 0) is 43.5 Å². The van der Waals surface area contributed by atoms with Gasteiger partial charge in [-0.15, -0.1) is 0 Å². The van der Waals surface area contributed by atoms with Crippen LogP contribution in [0.5, 0.6) is 17.5 Å². The number of aromatic nitrogens is 1. The average Bonchev–Trinajstić information content (AvgIpc) is 3.11. The van der Waals surface area contributed by atoms with Crippen molar-refractivity contribution in [2.24, 2.45) is 0 Å². The molecule has 176 valence electrons. The molecular weight excluding hydrogens is 420 g/mol. The normalized spacial score (nSPS) is 11.8. The fraction of sp³-hybridized carbons (Fsp3) is 0.346. The van der Waals surface area contributed by atoms with Crippen molar-refractivity contribution in [2.45, 2.75) is 46.3 Å². The Morgan fingerprint density at radius 3 is 2.36 bits per heavy atom. The quantitative estimate of drug-likeness (QED) is 0.374. The fourth-order valence-electron chi connectivity index (χ4n) is 3.64. The number of carbonyl (C=O) groups excluding carboxylic acids is 1. The van der Waals surface area contributed by atoms with Gasteiger partial charge in [0.1, 0.15) is 12.4 Å². The smallest absolute Gasteiger partial charge is 0.307 e. The second-order valence-corrected chi connectivity index (χ2v) is 8.00. The standard InChI is InChI=1S/C26H32N2O5/c1-4-32-26(31)16-22(21-8-5-18(2)6-9-21)27-17-20-7-10-23(19(3)15-20)33-14-13-28-24(29)11-12-25(28)30/h5-12,15,22,27,29-30H,4,13-14,16-17H2,1-3H3. The van der Waals surface area contributed by atoms with Gasteiger partial charge < -0.3 is 25.0 Å². The maximum absolute atomic E-state index is 12.1. The minimum Gasteiger partial charge on any atom is -0.494 e. The number of hydrogen-bond donors (Lipinski definition) is 3. The molecule has 0 amide bonds. The van der Waals surface area contributed by atoms with Crippen molar-refractivity contribution in [2.75, 3.05) is 13.2 Å². The second-order valence-electron chi connectivity index (χ2n) is 8.00. The first-order valence-electron chi connectivity index (χ1n) is 11.1. The molecule has 1 heterocycles. The lowest BCUT2D eigenvalue weighted by Crippen LogP contribution is -2.24. The molecule has 0 saturated carbocycles. The van der Waals surface area contributed by atoms with Crippen molar-refractivity contribution in [3.63, 3.8) is 0 Å². The molecule has 0 bridgehead atoms. The van der Waals surface area contributed by atoms with E-state index in [2.05, 4.69) is 5.32 Å². The number of esters is 1. The Labute approximate surface area is 194 Å². The van der Waals surface area contributed by atoms with Crippen LogP contribution in [0.4, 0.5) is 0 Å². The number of nitrogens with zero attached hydrogens (tertiary/aromatic N) is 1. The van der Waals surface area contributed by atoms with E-state index in [9.17, 15) is 15.0 Å². The number of rotatable bonds is 11. The minimum absolute atomic E-state index is 0.000179. The predicted octanol–water partition coefficient (Wildman–Crippen LogP) is 4.38. The van der Waals surface area contributed by atoms with Gasteiger partial charge in [0, 0.05) is 24.7 Å². The molecule has 0 saturated heterocycles. The Hall–Kier alpha value is -3.45. The molecule has 0 spiro atoms. The Morgan fingerprint density at radius 1 is 1.03 bits per heavy atom. The molecule has 0 aliphatic rings. The predicted molar refractivity (Wildman–Crippen MR) is 126 cm³/mol. The molecule has 1 aromatic heterocycles. The van der Waals surface area contributed by atoms with E-state index in [-0.39, 0.29) is 30.2 Å². The molecule has 33 heavy (non-hydrogen) atoms. The monoisotopic (exact) mass is 452 g/mol. The van der Waals surface area contributed by atoms with Crippen LogP contribution in [-0.4, -0.2) is 34.0 Å². The molecule has 0 radical (unpaired) electrons. The first-order chi connectivity index (χ1) is 15.9. The summed E-state index contributed by atoms with van der Waals surface area (Å²) in [5, 5.41) is 22.9. The summed E-state index contributed by atoms with van der Waals surface area (Å²) in [5.41, 5.74) is 4.26. The zero-order chi connectivity index (χ0) is 23.8. The summed E-state index contributed by atoms with van der Waals surface area (Å²) in [5.74, 6) is 0.516. The highest BCUT2D eigenvalue weighted by atomic mass is 16.5. The summed E-state index contributed by atoms with van der Waals surface area (Å²) >= 11 is 0. The Kier molecular flexibility index (Phi) is 8.38. The van der Waals surface area contributed by atoms with Crippen molar-refractivity contribution < 1.29 is 24.5 Å². The van der Waals surface area contributed by atoms with Crippen molar-refractivity contribution in [3.05, 3.63) is 76.9 Å². The summed E-state index contributed by atoms with van der Waals surface area (Å²) in [4.78, 5) is 12.1. The van der Waals surface area contributed by atoms with E-state index in [1.807, 2.05) is 63.2 Å². The van der Waals surface area contributed by atoms with Gasteiger partial charge in [0.25, 0.3) is 0 Å².